The van der Waals surface area contributed by atoms with E-state index in [1.54, 1.807) is 41.3 Å². The van der Waals surface area contributed by atoms with Crippen LogP contribution in [-0.4, -0.2) is 108 Å². The van der Waals surface area contributed by atoms with Gasteiger partial charge in [-0.1, -0.05) is 54.2 Å². The number of amides is 8. The lowest BCUT2D eigenvalue weighted by molar-refractivity contribution is -0.124. The predicted octanol–water partition coefficient (Wildman–Crippen LogP) is 2.91. The average Bonchev–Trinajstić information content (AvgIpc) is 3.75. The average molecular weight is 900 g/mol. The molecule has 4 aliphatic rings. The number of nitrogens with two attached hydrogens (primary N) is 1. The van der Waals surface area contributed by atoms with E-state index in [4.69, 9.17) is 25.0 Å². The third-order valence-electron chi connectivity index (χ3n) is 10.5. The summed E-state index contributed by atoms with van der Waals surface area (Å²) in [5, 5.41) is 11.5. The van der Waals surface area contributed by atoms with Crippen molar-refractivity contribution in [3.05, 3.63) is 115 Å². The molecule has 67 heavy (non-hydrogen) atoms. The van der Waals surface area contributed by atoms with Gasteiger partial charge in [0.2, 0.25) is 18.0 Å². The van der Waals surface area contributed by atoms with Gasteiger partial charge in [-0.2, -0.15) is 0 Å². The van der Waals surface area contributed by atoms with Gasteiger partial charge in [0.15, 0.2) is 0 Å². The van der Waals surface area contributed by atoms with Crippen LogP contribution in [-0.2, 0) is 14.4 Å². The number of urea groups is 3. The monoisotopic (exact) mass is 899 g/mol. The number of nitrogen functional groups attached to an aromatic ring is 1. The molecule has 5 aromatic rings. The summed E-state index contributed by atoms with van der Waals surface area (Å²) in [6.07, 6.45) is 27.3. The summed E-state index contributed by atoms with van der Waals surface area (Å²) in [5.41, 5.74) is 6.37. The lowest BCUT2D eigenvalue weighted by Crippen LogP contribution is -2.56. The van der Waals surface area contributed by atoms with Crippen LogP contribution in [0, 0.1) is 37.0 Å². The number of terminal acetylenes is 3. The molecular weight excluding hydrogens is 859 g/mol. The van der Waals surface area contributed by atoms with Gasteiger partial charge in [-0.15, -0.1) is 24.3 Å². The zero-order chi connectivity index (χ0) is 47.8. The first-order chi connectivity index (χ1) is 32.4. The van der Waals surface area contributed by atoms with Crippen LogP contribution in [0.5, 0.6) is 0 Å². The predicted molar refractivity (Wildman–Crippen MR) is 244 cm³/mol. The lowest BCUT2D eigenvalue weighted by Gasteiger charge is -2.37. The Labute approximate surface area is 384 Å². The van der Waals surface area contributed by atoms with Gasteiger partial charge in [0.05, 0.1) is 28.1 Å². The number of aromatic nitrogens is 6. The smallest absolute Gasteiger partial charge is 0.329 e. The molecule has 4 fully saturated rings. The van der Waals surface area contributed by atoms with E-state index in [9.17, 15) is 28.8 Å². The lowest BCUT2D eigenvalue weighted by atomic mass is 9.87. The number of isocyanates is 1. The van der Waals surface area contributed by atoms with Crippen molar-refractivity contribution in [1.82, 2.24) is 50.8 Å². The zero-order valence-electron chi connectivity index (χ0n) is 35.6. The maximum absolute atomic E-state index is 13.0. The van der Waals surface area contributed by atoms with E-state index >= 15 is 0 Å². The minimum Gasteiger partial charge on any atom is -0.368 e. The SMILES string of the molecule is C#Cc1cnc(N)nc1.C#Cc1cnc(N=C=O)nc1.C#Cc1cnc(NC(=O)N2CCC3(CC2)NC(=O)N(c2ccccc2)C3=O)nc1.O=C1NC2(CCNCC2)C(=O)N1c1ccccc1. The Bertz CT molecular complexity index is 2750. The number of imide groups is 2. The summed E-state index contributed by atoms with van der Waals surface area (Å²) in [4.78, 5) is 102. The van der Waals surface area contributed by atoms with Gasteiger partial charge in [-0.25, -0.2) is 58.9 Å². The van der Waals surface area contributed by atoms with Gasteiger partial charge in [-0.05, 0) is 63.0 Å². The molecule has 6 N–H and O–H groups in total. The van der Waals surface area contributed by atoms with Gasteiger partial charge in [0.25, 0.3) is 17.8 Å². The largest absolute Gasteiger partial charge is 0.368 e. The number of anilines is 4. The second-order valence-electron chi connectivity index (χ2n) is 14.7. The molecule has 0 unspecified atom stereocenters. The molecule has 8 amide bonds. The van der Waals surface area contributed by atoms with Gasteiger partial charge in [-0.3, -0.25) is 14.9 Å². The Kier molecular flexibility index (Phi) is 15.4. The standard InChI is InChI=1S/C20H18N6O3.C13H15N3O2.C7H3N3O.C6H5N3/c1-2-14-12-21-17(22-13-14)23-18(28)25-10-8-20(9-11-25)16(27)26(19(29)24-20)15-6-4-3-5-7-15;17-11-13(6-8-14-9-7-13)15-12(18)16(11)10-4-2-1-3-5-10;1-2-6-3-8-7(9-4-6)10-5-11;1-2-5-3-8-6(7)9-4-5/h1,3-7,12-13H,8-11H2,(H,24,29)(H,21,22,23,28);1-5,14H,6-9H2,(H,15,18);1,3-4H;1,3-4H,(H2,7,8,9). The summed E-state index contributed by atoms with van der Waals surface area (Å²) >= 11 is 0. The van der Waals surface area contributed by atoms with Crippen molar-refractivity contribution in [2.45, 2.75) is 36.8 Å². The van der Waals surface area contributed by atoms with Crippen molar-refractivity contribution < 1.29 is 28.8 Å². The number of hydrogen-bond acceptors (Lipinski definition) is 15. The fraction of sp³-hybridized carbons (Fsp3) is 0.217. The molecule has 0 radical (unpaired) electrons. The molecule has 0 atom stereocenters. The molecule has 21 nitrogen and oxygen atoms in total. The highest BCUT2D eigenvalue weighted by Crippen LogP contribution is 2.33. The number of piperidine rings is 2. The number of benzene rings is 2. The highest BCUT2D eigenvalue weighted by atomic mass is 16.2. The minimum atomic E-state index is -0.991. The molecule has 7 heterocycles. The van der Waals surface area contributed by atoms with E-state index in [-0.39, 0.29) is 41.7 Å². The topological polar surface area (TPSA) is 276 Å². The molecule has 3 aromatic heterocycles. The number of nitrogens with zero attached hydrogens (tertiary/aromatic N) is 10. The Morgan fingerprint density at radius 2 is 1.06 bits per heavy atom. The van der Waals surface area contributed by atoms with Crippen LogP contribution in [0.1, 0.15) is 42.4 Å². The molecule has 2 aromatic carbocycles. The van der Waals surface area contributed by atoms with Crippen molar-refractivity contribution in [1.29, 1.82) is 0 Å². The second-order valence-corrected chi connectivity index (χ2v) is 14.7. The van der Waals surface area contributed by atoms with Crippen molar-refractivity contribution in [2.75, 3.05) is 47.0 Å². The molecule has 2 spiro atoms. The quantitative estimate of drug-likeness (QED) is 0.0751. The van der Waals surface area contributed by atoms with Gasteiger partial charge >= 0.3 is 18.1 Å². The number of likely N-dealkylation sites (tertiary alicyclic amines) is 1. The van der Waals surface area contributed by atoms with Gasteiger partial charge < -0.3 is 26.6 Å². The summed E-state index contributed by atoms with van der Waals surface area (Å²) in [6, 6.07) is 16.7. The molecule has 336 valence electrons. The molecule has 0 aliphatic carbocycles. The minimum absolute atomic E-state index is 0.0685. The van der Waals surface area contributed by atoms with E-state index in [2.05, 4.69) is 73.9 Å². The molecule has 4 aliphatic heterocycles. The number of aliphatic imine (C=N–C) groups is 1. The molecule has 9 rings (SSSR count). The Balaban J connectivity index is 0.000000165. The van der Waals surface area contributed by atoms with Crippen LogP contribution < -0.4 is 36.8 Å². The van der Waals surface area contributed by atoms with Crippen LogP contribution in [0.25, 0.3) is 0 Å². The number of hydrogen-bond donors (Lipinski definition) is 5. The van der Waals surface area contributed by atoms with Crippen LogP contribution in [0.15, 0.2) is 103 Å². The molecule has 0 bridgehead atoms. The van der Waals surface area contributed by atoms with Crippen LogP contribution in [0.2, 0.25) is 0 Å². The van der Waals surface area contributed by atoms with Gasteiger partial charge in [0, 0.05) is 50.3 Å². The third-order valence-corrected chi connectivity index (χ3v) is 10.5. The molecule has 21 heteroatoms. The number of carbonyl (C=O) groups is 5. The fourth-order valence-electron chi connectivity index (χ4n) is 7.04. The Morgan fingerprint density at radius 3 is 1.49 bits per heavy atom. The second kappa shape index (κ2) is 21.8. The summed E-state index contributed by atoms with van der Waals surface area (Å²) in [5.74, 6) is 7.15. The van der Waals surface area contributed by atoms with Crippen molar-refractivity contribution >= 4 is 65.2 Å². The van der Waals surface area contributed by atoms with Crippen LogP contribution >= 0.6 is 0 Å². The van der Waals surface area contributed by atoms with Crippen LogP contribution in [0.4, 0.5) is 43.6 Å². The van der Waals surface area contributed by atoms with Gasteiger partial charge in [0.1, 0.15) is 11.1 Å². The number of nitrogens with one attached hydrogen (secondary N) is 4. The van der Waals surface area contributed by atoms with E-state index in [0.29, 0.717) is 66.8 Å². The summed E-state index contributed by atoms with van der Waals surface area (Å²) in [6.45, 7) is 2.13. The normalized spacial score (nSPS) is 16.1. The van der Waals surface area contributed by atoms with Crippen molar-refractivity contribution in [2.24, 2.45) is 4.99 Å². The maximum atomic E-state index is 13.0. The Morgan fingerprint density at radius 1 is 0.642 bits per heavy atom. The summed E-state index contributed by atoms with van der Waals surface area (Å²) < 4.78 is 0. The van der Waals surface area contributed by atoms with E-state index in [1.165, 1.54) is 48.2 Å². The van der Waals surface area contributed by atoms with Crippen LogP contribution in [0.3, 0.4) is 0 Å². The van der Waals surface area contributed by atoms with E-state index < -0.39 is 17.1 Å². The number of rotatable bonds is 4. The highest BCUT2D eigenvalue weighted by Gasteiger charge is 2.54. The van der Waals surface area contributed by atoms with Crippen molar-refractivity contribution in [3.8, 4) is 37.0 Å². The first kappa shape index (κ1) is 47.1. The third kappa shape index (κ3) is 11.4. The first-order valence-corrected chi connectivity index (χ1v) is 20.3. The van der Waals surface area contributed by atoms with E-state index in [1.807, 2.05) is 24.3 Å². The maximum Gasteiger partial charge on any atom is 0.329 e. The van der Waals surface area contributed by atoms with E-state index in [0.717, 1.165) is 18.0 Å². The summed E-state index contributed by atoms with van der Waals surface area (Å²) in [7, 11) is 0. The molecule has 4 saturated heterocycles. The highest BCUT2D eigenvalue weighted by molar-refractivity contribution is 6.24. The fourth-order valence-corrected chi connectivity index (χ4v) is 7.04. The first-order valence-electron chi connectivity index (χ1n) is 20.3. The Hall–Kier alpha value is -9.35. The number of carbonyl (C=O) groups excluding carboxylic acids is 6. The molecule has 0 saturated carbocycles. The number of para-hydroxylation sites is 2. The molecular formula is C46H41N15O6. The van der Waals surface area contributed by atoms with Crippen molar-refractivity contribution in [3.63, 3.8) is 0 Å². The zero-order valence-corrected chi connectivity index (χ0v) is 35.6.